The number of hydrogen-bond acceptors (Lipinski definition) is 6. The van der Waals surface area contributed by atoms with E-state index in [-0.39, 0.29) is 0 Å². The second-order valence-corrected chi connectivity index (χ2v) is 6.57. The lowest BCUT2D eigenvalue weighted by Crippen LogP contribution is -2.08. The maximum atomic E-state index is 12.3. The molecule has 0 amide bonds. The molecular formula is C21H22O6. The summed E-state index contributed by atoms with van der Waals surface area (Å²) in [5.74, 6) is 1.54. The average molecular weight is 370 g/mol. The molecule has 6 heteroatoms. The van der Waals surface area contributed by atoms with E-state index in [9.17, 15) is 4.79 Å². The van der Waals surface area contributed by atoms with Gasteiger partial charge in [0.15, 0.2) is 0 Å². The van der Waals surface area contributed by atoms with Crippen LogP contribution in [-0.2, 0) is 9.47 Å². The van der Waals surface area contributed by atoms with Crippen molar-refractivity contribution < 1.29 is 28.5 Å². The maximum Gasteiger partial charge on any atom is 0.343 e. The van der Waals surface area contributed by atoms with Crippen LogP contribution in [0.3, 0.4) is 0 Å². The molecule has 27 heavy (non-hydrogen) atoms. The summed E-state index contributed by atoms with van der Waals surface area (Å²) in [5, 5.41) is 0. The lowest BCUT2D eigenvalue weighted by Gasteiger charge is -2.08. The van der Waals surface area contributed by atoms with E-state index in [1.54, 1.807) is 48.5 Å². The molecule has 2 atom stereocenters. The lowest BCUT2D eigenvalue weighted by molar-refractivity contribution is 0.0734. The van der Waals surface area contributed by atoms with Gasteiger partial charge in [0.05, 0.1) is 44.2 Å². The molecule has 2 aromatic rings. The third-order valence-corrected chi connectivity index (χ3v) is 4.35. The second-order valence-electron chi connectivity index (χ2n) is 6.57. The van der Waals surface area contributed by atoms with Gasteiger partial charge in [-0.15, -0.1) is 0 Å². The molecule has 0 unspecified atom stereocenters. The van der Waals surface area contributed by atoms with Gasteiger partial charge in [0.2, 0.25) is 0 Å². The largest absolute Gasteiger partial charge is 0.493 e. The van der Waals surface area contributed by atoms with Crippen molar-refractivity contribution in [3.05, 3.63) is 54.1 Å². The predicted octanol–water partition coefficient (Wildman–Crippen LogP) is 3.24. The monoisotopic (exact) mass is 370 g/mol. The van der Waals surface area contributed by atoms with Crippen molar-refractivity contribution in [1.29, 1.82) is 0 Å². The second kappa shape index (κ2) is 8.41. The highest BCUT2D eigenvalue weighted by Crippen LogP contribution is 2.21. The first kappa shape index (κ1) is 17.8. The number of esters is 1. The van der Waals surface area contributed by atoms with E-state index in [0.29, 0.717) is 36.7 Å². The van der Waals surface area contributed by atoms with E-state index in [0.717, 1.165) is 37.6 Å². The van der Waals surface area contributed by atoms with E-state index in [1.165, 1.54) is 0 Å². The van der Waals surface area contributed by atoms with E-state index < -0.39 is 5.97 Å². The molecule has 0 N–H and O–H groups in total. The van der Waals surface area contributed by atoms with E-state index >= 15 is 0 Å². The minimum atomic E-state index is -0.410. The molecule has 2 aromatic carbocycles. The van der Waals surface area contributed by atoms with Crippen LogP contribution in [0.2, 0.25) is 0 Å². The summed E-state index contributed by atoms with van der Waals surface area (Å²) in [6.07, 6.45) is 2.49. The van der Waals surface area contributed by atoms with Gasteiger partial charge >= 0.3 is 5.97 Å². The highest BCUT2D eigenvalue weighted by molar-refractivity contribution is 5.91. The first-order valence-corrected chi connectivity index (χ1v) is 9.17. The van der Waals surface area contributed by atoms with Crippen LogP contribution in [0.15, 0.2) is 48.5 Å². The molecule has 0 saturated carbocycles. The Morgan fingerprint density at radius 3 is 1.70 bits per heavy atom. The van der Waals surface area contributed by atoms with Crippen molar-refractivity contribution >= 4 is 5.97 Å². The standard InChI is InChI=1S/C21H22O6/c22-21(15-1-3-16(4-2-15)23-11-9-19-13-25-19)27-18-7-5-17(6-8-18)24-12-10-20-14-26-20/h1-8,19-20H,9-14H2/t19-,20+/m1/s1. The van der Waals surface area contributed by atoms with Gasteiger partial charge in [-0.05, 0) is 48.5 Å². The number of benzene rings is 2. The Kier molecular flexibility index (Phi) is 5.55. The first-order valence-electron chi connectivity index (χ1n) is 9.17. The average Bonchev–Trinajstić information content (AvgIpc) is 3.59. The Labute approximate surface area is 157 Å². The van der Waals surface area contributed by atoms with Crippen LogP contribution in [0.5, 0.6) is 17.2 Å². The number of carbonyl (C=O) groups excluding carboxylic acids is 1. The van der Waals surface area contributed by atoms with Crippen LogP contribution >= 0.6 is 0 Å². The third kappa shape index (κ3) is 5.70. The molecule has 2 saturated heterocycles. The number of epoxide rings is 2. The summed E-state index contributed by atoms with van der Waals surface area (Å²) < 4.78 is 26.9. The minimum absolute atomic E-state index is 0.350. The van der Waals surface area contributed by atoms with E-state index in [2.05, 4.69) is 0 Å². The van der Waals surface area contributed by atoms with Gasteiger partial charge in [-0.3, -0.25) is 0 Å². The summed E-state index contributed by atoms with van der Waals surface area (Å²) in [6.45, 7) is 2.89. The molecule has 6 nitrogen and oxygen atoms in total. The van der Waals surface area contributed by atoms with Gasteiger partial charge in [0, 0.05) is 12.8 Å². The number of rotatable bonds is 10. The quantitative estimate of drug-likeness (QED) is 0.363. The zero-order valence-corrected chi connectivity index (χ0v) is 15.0. The predicted molar refractivity (Wildman–Crippen MR) is 97.5 cm³/mol. The maximum absolute atomic E-state index is 12.3. The molecule has 0 spiro atoms. The summed E-state index contributed by atoms with van der Waals surface area (Å²) >= 11 is 0. The fourth-order valence-corrected chi connectivity index (χ4v) is 2.54. The molecule has 2 fully saturated rings. The fraction of sp³-hybridized carbons (Fsp3) is 0.381. The van der Waals surface area contributed by atoms with Crippen molar-refractivity contribution in [2.24, 2.45) is 0 Å². The Bertz CT molecular complexity index is 747. The smallest absolute Gasteiger partial charge is 0.343 e. The van der Waals surface area contributed by atoms with Crippen LogP contribution in [0.4, 0.5) is 0 Å². The van der Waals surface area contributed by atoms with Crippen LogP contribution in [0.1, 0.15) is 23.2 Å². The van der Waals surface area contributed by atoms with Gasteiger partial charge < -0.3 is 23.7 Å². The molecule has 2 aliphatic heterocycles. The third-order valence-electron chi connectivity index (χ3n) is 4.35. The molecule has 0 aromatic heterocycles. The number of hydrogen-bond donors (Lipinski definition) is 0. The number of carbonyl (C=O) groups is 1. The van der Waals surface area contributed by atoms with Crippen molar-refractivity contribution in [3.63, 3.8) is 0 Å². The summed E-state index contributed by atoms with van der Waals surface area (Å²) in [4.78, 5) is 12.3. The molecule has 142 valence electrons. The van der Waals surface area contributed by atoms with Gasteiger partial charge in [-0.1, -0.05) is 0 Å². The summed E-state index contributed by atoms with van der Waals surface area (Å²) in [6, 6.07) is 13.9. The van der Waals surface area contributed by atoms with Crippen molar-refractivity contribution in [3.8, 4) is 17.2 Å². The summed E-state index contributed by atoms with van der Waals surface area (Å²) in [7, 11) is 0. The Balaban J connectivity index is 1.23. The number of ether oxygens (including phenoxy) is 5. The zero-order valence-electron chi connectivity index (χ0n) is 15.0. The first-order chi connectivity index (χ1) is 13.3. The summed E-state index contributed by atoms with van der Waals surface area (Å²) in [5.41, 5.74) is 0.470. The van der Waals surface area contributed by atoms with Gasteiger partial charge in [-0.25, -0.2) is 4.79 Å². The normalized spacial score (nSPS) is 20.0. The highest BCUT2D eigenvalue weighted by Gasteiger charge is 2.22. The lowest BCUT2D eigenvalue weighted by atomic mass is 10.2. The van der Waals surface area contributed by atoms with Crippen LogP contribution in [0.25, 0.3) is 0 Å². The van der Waals surface area contributed by atoms with Gasteiger partial charge in [0.1, 0.15) is 17.2 Å². The molecule has 2 aliphatic rings. The molecule has 0 aliphatic carbocycles. The topological polar surface area (TPSA) is 69.8 Å². The van der Waals surface area contributed by atoms with Crippen LogP contribution in [0, 0.1) is 0 Å². The van der Waals surface area contributed by atoms with Gasteiger partial charge in [-0.2, -0.15) is 0 Å². The molecule has 0 bridgehead atoms. The van der Waals surface area contributed by atoms with Gasteiger partial charge in [0.25, 0.3) is 0 Å². The van der Waals surface area contributed by atoms with Crippen molar-refractivity contribution in [1.82, 2.24) is 0 Å². The molecule has 4 rings (SSSR count). The SMILES string of the molecule is O=C(Oc1ccc(OCC[C@H]2CO2)cc1)c1ccc(OCC[C@@H]2CO2)cc1. The molecular weight excluding hydrogens is 348 g/mol. The highest BCUT2D eigenvalue weighted by atomic mass is 16.6. The van der Waals surface area contributed by atoms with Crippen molar-refractivity contribution in [2.75, 3.05) is 26.4 Å². The molecule has 2 heterocycles. The zero-order chi connectivity index (χ0) is 18.5. The Morgan fingerprint density at radius 1 is 0.778 bits per heavy atom. The Morgan fingerprint density at radius 2 is 1.22 bits per heavy atom. The van der Waals surface area contributed by atoms with E-state index in [1.807, 2.05) is 0 Å². The molecule has 0 radical (unpaired) electrons. The Hall–Kier alpha value is -2.57. The van der Waals surface area contributed by atoms with Crippen molar-refractivity contribution in [2.45, 2.75) is 25.0 Å². The van der Waals surface area contributed by atoms with Crippen LogP contribution < -0.4 is 14.2 Å². The fourth-order valence-electron chi connectivity index (χ4n) is 2.54. The minimum Gasteiger partial charge on any atom is -0.493 e. The van der Waals surface area contributed by atoms with E-state index in [4.69, 9.17) is 23.7 Å². The van der Waals surface area contributed by atoms with Crippen LogP contribution in [-0.4, -0.2) is 44.6 Å².